The van der Waals surface area contributed by atoms with Crippen LogP contribution < -0.4 is 14.8 Å². The molecule has 26 heavy (non-hydrogen) atoms. The van der Waals surface area contributed by atoms with Crippen LogP contribution in [0, 0.1) is 0 Å². The molecule has 0 amide bonds. The number of ether oxygens (including phenoxy) is 2. The van der Waals surface area contributed by atoms with Gasteiger partial charge in [0.25, 0.3) is 0 Å². The van der Waals surface area contributed by atoms with Crippen molar-refractivity contribution in [2.24, 2.45) is 0 Å². The highest BCUT2D eigenvalue weighted by atomic mass is 16.5. The zero-order chi connectivity index (χ0) is 18.0. The molecule has 0 aliphatic carbocycles. The van der Waals surface area contributed by atoms with Crippen molar-refractivity contribution in [1.29, 1.82) is 0 Å². The van der Waals surface area contributed by atoms with Crippen LogP contribution in [0.3, 0.4) is 0 Å². The molecule has 0 radical (unpaired) electrons. The van der Waals surface area contributed by atoms with E-state index in [1.807, 2.05) is 42.6 Å². The fourth-order valence-electron chi connectivity index (χ4n) is 2.71. The fourth-order valence-corrected chi connectivity index (χ4v) is 2.71. The Balaban J connectivity index is 1.55. The summed E-state index contributed by atoms with van der Waals surface area (Å²) in [5.41, 5.74) is 3.45. The van der Waals surface area contributed by atoms with Crippen LogP contribution in [0.1, 0.15) is 17.5 Å². The second-order valence-corrected chi connectivity index (χ2v) is 6.02. The minimum absolute atomic E-state index is 0.650. The molecule has 1 aromatic heterocycles. The number of anilines is 1. The van der Waals surface area contributed by atoms with Gasteiger partial charge >= 0.3 is 0 Å². The van der Waals surface area contributed by atoms with Gasteiger partial charge in [0.05, 0.1) is 13.7 Å². The minimum Gasteiger partial charge on any atom is -0.493 e. The molecule has 3 aromatic rings. The fraction of sp³-hybridized carbons (Fsp3) is 0.227. The van der Waals surface area contributed by atoms with Gasteiger partial charge in [0, 0.05) is 30.7 Å². The zero-order valence-electron chi connectivity index (χ0n) is 15.0. The number of rotatable bonds is 9. The molecule has 4 heteroatoms. The highest BCUT2D eigenvalue weighted by Gasteiger charge is 2.06. The highest BCUT2D eigenvalue weighted by molar-refractivity contribution is 5.55. The highest BCUT2D eigenvalue weighted by Crippen LogP contribution is 2.30. The molecule has 4 nitrogen and oxygen atoms in total. The van der Waals surface area contributed by atoms with Gasteiger partial charge in [-0.05, 0) is 42.2 Å². The Hall–Kier alpha value is -3.01. The van der Waals surface area contributed by atoms with Crippen LogP contribution in [0.2, 0.25) is 0 Å². The Kier molecular flexibility index (Phi) is 6.48. The molecule has 0 atom stereocenters. The molecule has 0 fully saturated rings. The molecule has 0 saturated heterocycles. The lowest BCUT2D eigenvalue weighted by Crippen LogP contribution is -2.03. The van der Waals surface area contributed by atoms with Crippen LogP contribution in [0.5, 0.6) is 11.5 Å². The first kappa shape index (κ1) is 17.8. The van der Waals surface area contributed by atoms with Crippen molar-refractivity contribution in [3.63, 3.8) is 0 Å². The van der Waals surface area contributed by atoms with Crippen LogP contribution in [0.15, 0.2) is 73.1 Å². The van der Waals surface area contributed by atoms with Crippen LogP contribution in [-0.2, 0) is 13.0 Å². The molecule has 3 rings (SSSR count). The molecular weight excluding hydrogens is 324 g/mol. The predicted octanol–water partition coefficient (Wildman–Crippen LogP) is 4.71. The van der Waals surface area contributed by atoms with E-state index in [2.05, 4.69) is 34.6 Å². The summed E-state index contributed by atoms with van der Waals surface area (Å²) in [7, 11) is 1.66. The van der Waals surface area contributed by atoms with Crippen molar-refractivity contribution in [3.05, 3.63) is 84.2 Å². The summed E-state index contributed by atoms with van der Waals surface area (Å²) in [5.74, 6) is 1.51. The Morgan fingerprint density at radius 1 is 0.923 bits per heavy atom. The van der Waals surface area contributed by atoms with Crippen molar-refractivity contribution >= 4 is 5.69 Å². The molecule has 2 aromatic carbocycles. The van der Waals surface area contributed by atoms with Crippen molar-refractivity contribution < 1.29 is 9.47 Å². The topological polar surface area (TPSA) is 43.4 Å². The smallest absolute Gasteiger partial charge is 0.163 e. The monoisotopic (exact) mass is 348 g/mol. The average molecular weight is 348 g/mol. The molecule has 0 saturated carbocycles. The van der Waals surface area contributed by atoms with E-state index in [0.717, 1.165) is 35.6 Å². The van der Waals surface area contributed by atoms with Crippen LogP contribution in [-0.4, -0.2) is 18.7 Å². The quantitative estimate of drug-likeness (QED) is 0.569. The lowest BCUT2D eigenvalue weighted by atomic mass is 10.1. The molecule has 1 heterocycles. The van der Waals surface area contributed by atoms with Gasteiger partial charge in [-0.25, -0.2) is 0 Å². The van der Waals surface area contributed by atoms with E-state index in [4.69, 9.17) is 9.47 Å². The van der Waals surface area contributed by atoms with Gasteiger partial charge in [-0.3, -0.25) is 4.98 Å². The van der Waals surface area contributed by atoms with Gasteiger partial charge < -0.3 is 14.8 Å². The zero-order valence-corrected chi connectivity index (χ0v) is 15.0. The number of pyridine rings is 1. The third-order valence-corrected chi connectivity index (χ3v) is 4.09. The summed E-state index contributed by atoms with van der Waals surface area (Å²) in [6, 6.07) is 20.3. The lowest BCUT2D eigenvalue weighted by Gasteiger charge is -2.13. The summed E-state index contributed by atoms with van der Waals surface area (Å²) < 4.78 is 11.4. The number of nitrogens with zero attached hydrogens (tertiary/aromatic N) is 1. The normalized spacial score (nSPS) is 10.3. The molecule has 0 aliphatic rings. The maximum absolute atomic E-state index is 5.97. The first-order valence-corrected chi connectivity index (χ1v) is 8.82. The Bertz CT molecular complexity index is 792. The Morgan fingerprint density at radius 2 is 1.77 bits per heavy atom. The predicted molar refractivity (Wildman–Crippen MR) is 105 cm³/mol. The second kappa shape index (κ2) is 9.47. The number of aryl methyl sites for hydroxylation is 1. The number of methoxy groups -OCH3 is 1. The van der Waals surface area contributed by atoms with Gasteiger partial charge in [0.1, 0.15) is 0 Å². The van der Waals surface area contributed by atoms with E-state index in [-0.39, 0.29) is 0 Å². The first-order chi connectivity index (χ1) is 12.8. The summed E-state index contributed by atoms with van der Waals surface area (Å²) in [4.78, 5) is 4.13. The molecule has 134 valence electrons. The second-order valence-electron chi connectivity index (χ2n) is 6.02. The number of hydrogen-bond acceptors (Lipinski definition) is 4. The van der Waals surface area contributed by atoms with Gasteiger partial charge in [-0.15, -0.1) is 0 Å². The van der Waals surface area contributed by atoms with Crippen LogP contribution in [0.25, 0.3) is 0 Å². The molecule has 0 bridgehead atoms. The minimum atomic E-state index is 0.650. The van der Waals surface area contributed by atoms with Gasteiger partial charge in [0.15, 0.2) is 11.5 Å². The van der Waals surface area contributed by atoms with E-state index in [9.17, 15) is 0 Å². The summed E-state index contributed by atoms with van der Waals surface area (Å²) in [5, 5.41) is 3.39. The maximum atomic E-state index is 5.97. The largest absolute Gasteiger partial charge is 0.493 e. The summed E-state index contributed by atoms with van der Waals surface area (Å²) in [6.45, 7) is 1.37. The molecule has 0 spiro atoms. The number of benzene rings is 2. The third-order valence-electron chi connectivity index (χ3n) is 4.09. The Labute approximate surface area is 154 Å². The van der Waals surface area contributed by atoms with Crippen LogP contribution in [0.4, 0.5) is 5.69 Å². The Morgan fingerprint density at radius 3 is 2.54 bits per heavy atom. The molecule has 0 unspecified atom stereocenters. The average Bonchev–Trinajstić information content (AvgIpc) is 2.71. The van der Waals surface area contributed by atoms with Crippen LogP contribution >= 0.6 is 0 Å². The number of aromatic nitrogens is 1. The summed E-state index contributed by atoms with van der Waals surface area (Å²) >= 11 is 0. The third kappa shape index (κ3) is 5.24. The number of nitrogens with one attached hydrogen (secondary N) is 1. The van der Waals surface area contributed by atoms with E-state index in [1.54, 1.807) is 13.3 Å². The van der Waals surface area contributed by atoms with E-state index < -0.39 is 0 Å². The first-order valence-electron chi connectivity index (χ1n) is 8.82. The van der Waals surface area contributed by atoms with E-state index in [0.29, 0.717) is 13.2 Å². The van der Waals surface area contributed by atoms with E-state index in [1.165, 1.54) is 5.56 Å². The van der Waals surface area contributed by atoms with E-state index >= 15 is 0 Å². The van der Waals surface area contributed by atoms with Crippen molar-refractivity contribution in [2.75, 3.05) is 19.0 Å². The van der Waals surface area contributed by atoms with Gasteiger partial charge in [0.2, 0.25) is 0 Å². The molecular formula is C22H24N2O2. The lowest BCUT2D eigenvalue weighted by molar-refractivity contribution is 0.289. The summed E-state index contributed by atoms with van der Waals surface area (Å²) in [6.07, 6.45) is 5.60. The number of hydrogen-bond donors (Lipinski definition) is 1. The maximum Gasteiger partial charge on any atom is 0.163 e. The standard InChI is InChI=1S/C22H24N2O2/c1-25-21-12-11-20(24-17-19-9-5-13-23-16-19)15-22(21)26-14-6-10-18-7-3-2-4-8-18/h2-5,7-9,11-13,15-16,24H,6,10,14,17H2,1H3. The molecule has 1 N–H and O–H groups in total. The van der Waals surface area contributed by atoms with Gasteiger partial charge in [-0.1, -0.05) is 36.4 Å². The molecule has 0 aliphatic heterocycles. The van der Waals surface area contributed by atoms with Crippen molar-refractivity contribution in [1.82, 2.24) is 4.98 Å². The van der Waals surface area contributed by atoms with Crippen molar-refractivity contribution in [2.45, 2.75) is 19.4 Å². The van der Waals surface area contributed by atoms with Gasteiger partial charge in [-0.2, -0.15) is 0 Å². The van der Waals surface area contributed by atoms with Crippen molar-refractivity contribution in [3.8, 4) is 11.5 Å². The SMILES string of the molecule is COc1ccc(NCc2cccnc2)cc1OCCCc1ccccc1.